The number of oxazole rings is 1. The van der Waals surface area contributed by atoms with Crippen molar-refractivity contribution in [2.75, 3.05) is 21.3 Å². The molecule has 3 rings (SSSR count). The molecule has 2 aromatic heterocycles. The van der Waals surface area contributed by atoms with Crippen molar-refractivity contribution >= 4 is 22.7 Å². The molecule has 0 aliphatic heterocycles. The van der Waals surface area contributed by atoms with E-state index in [9.17, 15) is 4.79 Å². The topological polar surface area (TPSA) is 95.7 Å². The number of amides is 1. The largest absolute Gasteiger partial charge is 0.493 e. The summed E-state index contributed by atoms with van der Waals surface area (Å²) in [4.78, 5) is 21.5. The minimum absolute atomic E-state index is 0.277. The number of aromatic nitrogens is 2. The molecule has 3 aromatic rings. The van der Waals surface area contributed by atoms with Crippen molar-refractivity contribution in [1.29, 1.82) is 0 Å². The highest BCUT2D eigenvalue weighted by molar-refractivity contribution is 5.99. The molecule has 0 spiro atoms. The molecule has 0 saturated carbocycles. The average molecular weight is 421 g/mol. The minimum Gasteiger partial charge on any atom is -0.493 e. The molecular weight excluding hydrogens is 398 g/mol. The molecule has 0 unspecified atom stereocenters. The van der Waals surface area contributed by atoms with Crippen LogP contribution in [0.15, 0.2) is 65.4 Å². The molecule has 1 N–H and O–H groups in total. The third kappa shape index (κ3) is 4.58. The highest BCUT2D eigenvalue weighted by Crippen LogP contribution is 2.39. The van der Waals surface area contributed by atoms with Crippen LogP contribution in [0.4, 0.5) is 0 Å². The van der Waals surface area contributed by atoms with Crippen molar-refractivity contribution in [2.24, 2.45) is 0 Å². The second-order valence-electron chi connectivity index (χ2n) is 6.37. The Hall–Kier alpha value is -4.07. The zero-order valence-corrected chi connectivity index (χ0v) is 17.8. The predicted octanol–water partition coefficient (Wildman–Crippen LogP) is 4.15. The summed E-state index contributed by atoms with van der Waals surface area (Å²) in [6, 6.07) is 6.80. The molecule has 2 heterocycles. The van der Waals surface area contributed by atoms with Gasteiger partial charge in [-0.2, -0.15) is 4.98 Å². The van der Waals surface area contributed by atoms with E-state index in [1.165, 1.54) is 21.3 Å². The average Bonchev–Trinajstić information content (AvgIpc) is 3.21. The van der Waals surface area contributed by atoms with E-state index in [1.807, 2.05) is 0 Å². The Morgan fingerprint density at radius 3 is 2.55 bits per heavy atom. The van der Waals surface area contributed by atoms with Crippen LogP contribution < -0.4 is 19.5 Å². The molecule has 0 fully saturated rings. The number of carbonyl (C=O) groups is 1. The molecule has 8 heteroatoms. The first-order chi connectivity index (χ1) is 15.0. The maximum atomic E-state index is 12.9. The van der Waals surface area contributed by atoms with E-state index < -0.39 is 0 Å². The van der Waals surface area contributed by atoms with E-state index in [4.69, 9.17) is 18.6 Å². The van der Waals surface area contributed by atoms with Gasteiger partial charge < -0.3 is 23.9 Å². The summed E-state index contributed by atoms with van der Waals surface area (Å²) >= 11 is 0. The maximum absolute atomic E-state index is 12.9. The molecule has 0 saturated heterocycles. The number of pyridine rings is 1. The van der Waals surface area contributed by atoms with Gasteiger partial charge in [0, 0.05) is 17.5 Å². The second-order valence-corrected chi connectivity index (χ2v) is 6.37. The molecule has 160 valence electrons. The van der Waals surface area contributed by atoms with E-state index in [-0.39, 0.29) is 11.7 Å². The van der Waals surface area contributed by atoms with Gasteiger partial charge in [-0.25, -0.2) is 4.98 Å². The third-order valence-corrected chi connectivity index (χ3v) is 4.34. The first-order valence-corrected chi connectivity index (χ1v) is 9.35. The van der Waals surface area contributed by atoms with Gasteiger partial charge >= 0.3 is 0 Å². The molecular formula is C23H23N3O5. The SMILES string of the molecule is C=C/C=C(\C=C(/C)NC(=O)c1ccc(OC)c(OC)c1OC)c1nc2ncccc2o1. The number of hydrogen-bond donors (Lipinski definition) is 1. The Morgan fingerprint density at radius 1 is 1.13 bits per heavy atom. The lowest BCUT2D eigenvalue weighted by atomic mass is 10.1. The summed E-state index contributed by atoms with van der Waals surface area (Å²) in [5.41, 5.74) is 2.55. The van der Waals surface area contributed by atoms with Crippen LogP contribution in [0, 0.1) is 0 Å². The van der Waals surface area contributed by atoms with E-state index in [0.717, 1.165) is 0 Å². The predicted molar refractivity (Wildman–Crippen MR) is 117 cm³/mol. The fourth-order valence-corrected chi connectivity index (χ4v) is 3.00. The zero-order valence-electron chi connectivity index (χ0n) is 17.8. The summed E-state index contributed by atoms with van der Waals surface area (Å²) in [5.74, 6) is 1.07. The van der Waals surface area contributed by atoms with Crippen molar-refractivity contribution in [3.05, 3.63) is 72.4 Å². The summed E-state index contributed by atoms with van der Waals surface area (Å²) < 4.78 is 21.8. The molecule has 8 nitrogen and oxygen atoms in total. The van der Waals surface area contributed by atoms with Gasteiger partial charge in [0.2, 0.25) is 11.6 Å². The molecule has 0 atom stereocenters. The van der Waals surface area contributed by atoms with Gasteiger partial charge in [0.25, 0.3) is 5.91 Å². The van der Waals surface area contributed by atoms with Gasteiger partial charge in [0.05, 0.1) is 26.9 Å². The molecule has 0 aliphatic rings. The lowest BCUT2D eigenvalue weighted by molar-refractivity contribution is 0.0962. The first kappa shape index (κ1) is 21.6. The summed E-state index contributed by atoms with van der Waals surface area (Å²) in [5, 5.41) is 2.84. The maximum Gasteiger partial charge on any atom is 0.259 e. The second kappa shape index (κ2) is 9.62. The molecule has 0 radical (unpaired) electrons. The van der Waals surface area contributed by atoms with E-state index in [1.54, 1.807) is 55.6 Å². The van der Waals surface area contributed by atoms with Crippen LogP contribution in [-0.4, -0.2) is 37.2 Å². The fraction of sp³-hybridized carbons (Fsp3) is 0.174. The van der Waals surface area contributed by atoms with Crippen molar-refractivity contribution < 1.29 is 23.4 Å². The number of methoxy groups -OCH3 is 3. The third-order valence-electron chi connectivity index (χ3n) is 4.34. The Labute approximate surface area is 179 Å². The molecule has 1 aromatic carbocycles. The highest BCUT2D eigenvalue weighted by atomic mass is 16.5. The number of benzene rings is 1. The van der Waals surface area contributed by atoms with Crippen molar-refractivity contribution in [2.45, 2.75) is 6.92 Å². The monoisotopic (exact) mass is 421 g/mol. The molecule has 0 aliphatic carbocycles. The fourth-order valence-electron chi connectivity index (χ4n) is 3.00. The Balaban J connectivity index is 1.90. The van der Waals surface area contributed by atoms with E-state index in [2.05, 4.69) is 21.9 Å². The number of hydrogen-bond acceptors (Lipinski definition) is 7. The van der Waals surface area contributed by atoms with E-state index >= 15 is 0 Å². The van der Waals surface area contributed by atoms with Crippen LogP contribution in [0.2, 0.25) is 0 Å². The Bertz CT molecular complexity index is 1140. The number of allylic oxidation sites excluding steroid dienone is 5. The standard InChI is InChI=1S/C23H23N3O5/c1-6-8-15(23-26-21-18(31-23)9-7-12-24-21)13-14(2)25-22(27)16-10-11-17(28-3)20(30-5)19(16)29-4/h6-13H,1H2,2-5H3,(H,25,27)/b14-13+,15-8+. The van der Waals surface area contributed by atoms with E-state index in [0.29, 0.717) is 45.5 Å². The number of fused-ring (bicyclic) bond motifs is 1. The van der Waals surface area contributed by atoms with Crippen molar-refractivity contribution in [3.8, 4) is 17.2 Å². The normalized spacial score (nSPS) is 11.9. The number of nitrogens with zero attached hydrogens (tertiary/aromatic N) is 2. The summed E-state index contributed by atoms with van der Waals surface area (Å²) in [6.07, 6.45) is 6.72. The first-order valence-electron chi connectivity index (χ1n) is 9.35. The number of rotatable bonds is 8. The van der Waals surface area contributed by atoms with Crippen molar-refractivity contribution in [1.82, 2.24) is 15.3 Å². The van der Waals surface area contributed by atoms with Gasteiger partial charge in [-0.05, 0) is 37.3 Å². The minimum atomic E-state index is -0.372. The van der Waals surface area contributed by atoms with Gasteiger partial charge in [0.1, 0.15) is 0 Å². The number of nitrogens with one attached hydrogen (secondary N) is 1. The molecule has 1 amide bonds. The molecule has 31 heavy (non-hydrogen) atoms. The van der Waals surface area contributed by atoms with Crippen LogP contribution >= 0.6 is 0 Å². The van der Waals surface area contributed by atoms with Crippen LogP contribution in [0.5, 0.6) is 17.2 Å². The number of ether oxygens (including phenoxy) is 3. The van der Waals surface area contributed by atoms with Crippen LogP contribution in [-0.2, 0) is 0 Å². The Morgan fingerprint density at radius 2 is 1.90 bits per heavy atom. The van der Waals surface area contributed by atoms with Gasteiger partial charge in [-0.15, -0.1) is 0 Å². The summed E-state index contributed by atoms with van der Waals surface area (Å²) in [6.45, 7) is 5.49. The van der Waals surface area contributed by atoms with Crippen molar-refractivity contribution in [3.63, 3.8) is 0 Å². The van der Waals surface area contributed by atoms with Crippen LogP contribution in [0.25, 0.3) is 16.8 Å². The lowest BCUT2D eigenvalue weighted by Crippen LogP contribution is -2.22. The van der Waals surface area contributed by atoms with Gasteiger partial charge in [0.15, 0.2) is 22.7 Å². The highest BCUT2D eigenvalue weighted by Gasteiger charge is 2.21. The summed E-state index contributed by atoms with van der Waals surface area (Å²) in [7, 11) is 4.46. The number of carbonyl (C=O) groups excluding carboxylic acids is 1. The quantitative estimate of drug-likeness (QED) is 0.546. The molecule has 0 bridgehead atoms. The zero-order chi connectivity index (χ0) is 22.4. The van der Waals surface area contributed by atoms with Crippen LogP contribution in [0.3, 0.4) is 0 Å². The van der Waals surface area contributed by atoms with Gasteiger partial charge in [-0.3, -0.25) is 4.79 Å². The van der Waals surface area contributed by atoms with Crippen LogP contribution in [0.1, 0.15) is 23.2 Å². The lowest BCUT2D eigenvalue weighted by Gasteiger charge is -2.15. The van der Waals surface area contributed by atoms with Gasteiger partial charge in [-0.1, -0.05) is 18.7 Å². The smallest absolute Gasteiger partial charge is 0.259 e. The Kier molecular flexibility index (Phi) is 6.71.